The number of nitrogens with zero attached hydrogens (tertiary/aromatic N) is 1. The van der Waals surface area contributed by atoms with Crippen LogP contribution in [0.15, 0.2) is 48.5 Å². The van der Waals surface area contributed by atoms with Gasteiger partial charge in [-0.3, -0.25) is 4.90 Å². The van der Waals surface area contributed by atoms with Crippen LogP contribution in [0.2, 0.25) is 0 Å². The van der Waals surface area contributed by atoms with Crippen molar-refractivity contribution < 1.29 is 9.47 Å². The average Bonchev–Trinajstić information content (AvgIpc) is 2.63. The summed E-state index contributed by atoms with van der Waals surface area (Å²) in [5.74, 6) is 2.60. The fraction of sp³-hybridized carbons (Fsp3) is 0.400. The van der Waals surface area contributed by atoms with E-state index in [4.69, 9.17) is 9.47 Å². The molecule has 3 aliphatic rings. The third-order valence-electron chi connectivity index (χ3n) is 5.14. The number of halogens is 1. The summed E-state index contributed by atoms with van der Waals surface area (Å²) in [6.45, 7) is 3.58. The lowest BCUT2D eigenvalue weighted by Crippen LogP contribution is -2.52. The van der Waals surface area contributed by atoms with Crippen LogP contribution < -0.4 is 9.47 Å². The van der Waals surface area contributed by atoms with Crippen LogP contribution in [0.25, 0.3) is 11.1 Å². The van der Waals surface area contributed by atoms with Gasteiger partial charge in [-0.15, -0.1) is 12.4 Å². The van der Waals surface area contributed by atoms with Gasteiger partial charge in [0.15, 0.2) is 0 Å². The van der Waals surface area contributed by atoms with Crippen LogP contribution in [0.3, 0.4) is 0 Å². The normalized spacial score (nSPS) is 25.0. The molecule has 2 bridgehead atoms. The van der Waals surface area contributed by atoms with Gasteiger partial charge < -0.3 is 9.47 Å². The molecule has 3 nitrogen and oxygen atoms in total. The molecule has 5 rings (SSSR count). The Labute approximate surface area is 150 Å². The molecule has 2 aromatic carbocycles. The smallest absolute Gasteiger partial charge is 0.119 e. The Kier molecular flexibility index (Phi) is 5.32. The summed E-state index contributed by atoms with van der Waals surface area (Å²) >= 11 is 0. The molecule has 0 aromatic heterocycles. The fourth-order valence-electron chi connectivity index (χ4n) is 3.75. The molecule has 0 saturated carbocycles. The number of benzene rings is 2. The first kappa shape index (κ1) is 17.1. The minimum Gasteiger partial charge on any atom is -0.497 e. The van der Waals surface area contributed by atoms with Gasteiger partial charge in [-0.25, -0.2) is 0 Å². The Balaban J connectivity index is 0.00000169. The van der Waals surface area contributed by atoms with Crippen molar-refractivity contribution in [1.29, 1.82) is 0 Å². The second kappa shape index (κ2) is 7.45. The van der Waals surface area contributed by atoms with Crippen LogP contribution in [-0.4, -0.2) is 37.7 Å². The lowest BCUT2D eigenvalue weighted by molar-refractivity contribution is -0.00775. The molecule has 128 valence electrons. The number of methoxy groups -OCH3 is 1. The van der Waals surface area contributed by atoms with Crippen molar-refractivity contribution in [3.63, 3.8) is 0 Å². The lowest BCUT2D eigenvalue weighted by Gasteiger charge is -2.44. The van der Waals surface area contributed by atoms with E-state index in [0.717, 1.165) is 24.0 Å². The second-order valence-corrected chi connectivity index (χ2v) is 6.55. The van der Waals surface area contributed by atoms with E-state index in [1.807, 2.05) is 12.1 Å². The molecule has 0 N–H and O–H groups in total. The van der Waals surface area contributed by atoms with Crippen molar-refractivity contribution in [2.75, 3.05) is 26.7 Å². The number of piperidine rings is 3. The summed E-state index contributed by atoms with van der Waals surface area (Å²) < 4.78 is 11.6. The molecule has 0 spiro atoms. The third kappa shape index (κ3) is 3.52. The van der Waals surface area contributed by atoms with Gasteiger partial charge in [-0.1, -0.05) is 24.3 Å². The Morgan fingerprint density at radius 3 is 2.29 bits per heavy atom. The quantitative estimate of drug-likeness (QED) is 0.826. The van der Waals surface area contributed by atoms with E-state index in [-0.39, 0.29) is 12.4 Å². The van der Waals surface area contributed by atoms with E-state index in [9.17, 15) is 0 Å². The summed E-state index contributed by atoms with van der Waals surface area (Å²) in [7, 11) is 1.70. The van der Waals surface area contributed by atoms with E-state index in [0.29, 0.717) is 6.10 Å². The number of hydrogen-bond donors (Lipinski definition) is 0. The maximum Gasteiger partial charge on any atom is 0.119 e. The van der Waals surface area contributed by atoms with Crippen LogP contribution in [0.4, 0.5) is 0 Å². The van der Waals surface area contributed by atoms with Gasteiger partial charge in [-0.05, 0) is 67.2 Å². The highest BCUT2D eigenvalue weighted by molar-refractivity contribution is 5.85. The molecule has 3 heterocycles. The second-order valence-electron chi connectivity index (χ2n) is 6.55. The number of fused-ring (bicyclic) bond motifs is 3. The van der Waals surface area contributed by atoms with Crippen LogP contribution >= 0.6 is 12.4 Å². The van der Waals surface area contributed by atoms with Gasteiger partial charge in [0, 0.05) is 6.54 Å². The van der Waals surface area contributed by atoms with Gasteiger partial charge in [0.1, 0.15) is 17.6 Å². The molecule has 24 heavy (non-hydrogen) atoms. The highest BCUT2D eigenvalue weighted by Gasteiger charge is 2.35. The topological polar surface area (TPSA) is 21.7 Å². The largest absolute Gasteiger partial charge is 0.497 e. The van der Waals surface area contributed by atoms with Crippen molar-refractivity contribution in [3.8, 4) is 22.6 Å². The first-order valence-corrected chi connectivity index (χ1v) is 8.45. The van der Waals surface area contributed by atoms with Crippen LogP contribution in [-0.2, 0) is 0 Å². The fourth-order valence-corrected chi connectivity index (χ4v) is 3.75. The molecule has 0 aliphatic carbocycles. The number of ether oxygens (including phenoxy) is 2. The first-order valence-electron chi connectivity index (χ1n) is 8.45. The summed E-state index contributed by atoms with van der Waals surface area (Å²) in [5.41, 5.74) is 2.35. The predicted octanol–water partition coefficient (Wildman–Crippen LogP) is 4.26. The van der Waals surface area contributed by atoms with Crippen molar-refractivity contribution in [1.82, 2.24) is 4.90 Å². The number of hydrogen-bond acceptors (Lipinski definition) is 3. The van der Waals surface area contributed by atoms with Crippen LogP contribution in [0.5, 0.6) is 11.5 Å². The Hall–Kier alpha value is -1.71. The summed E-state index contributed by atoms with van der Waals surface area (Å²) in [5, 5.41) is 0. The van der Waals surface area contributed by atoms with Gasteiger partial charge >= 0.3 is 0 Å². The zero-order valence-electron chi connectivity index (χ0n) is 14.0. The molecule has 3 saturated heterocycles. The van der Waals surface area contributed by atoms with Crippen molar-refractivity contribution in [2.24, 2.45) is 5.92 Å². The Morgan fingerprint density at radius 1 is 0.917 bits per heavy atom. The zero-order chi connectivity index (χ0) is 15.6. The predicted molar refractivity (Wildman–Crippen MR) is 99.3 cm³/mol. The minimum absolute atomic E-state index is 0. The molecule has 1 unspecified atom stereocenters. The lowest BCUT2D eigenvalue weighted by atomic mass is 9.86. The van der Waals surface area contributed by atoms with E-state index in [1.54, 1.807) is 7.11 Å². The van der Waals surface area contributed by atoms with Crippen LogP contribution in [0.1, 0.15) is 12.8 Å². The van der Waals surface area contributed by atoms with Crippen molar-refractivity contribution in [3.05, 3.63) is 48.5 Å². The third-order valence-corrected chi connectivity index (χ3v) is 5.14. The molecule has 0 radical (unpaired) electrons. The highest BCUT2D eigenvalue weighted by Crippen LogP contribution is 2.31. The highest BCUT2D eigenvalue weighted by atomic mass is 35.5. The minimum atomic E-state index is 0. The molecule has 0 amide bonds. The molecule has 3 fully saturated rings. The molecular weight excluding hydrogens is 322 g/mol. The summed E-state index contributed by atoms with van der Waals surface area (Å²) in [6.07, 6.45) is 2.93. The average molecular weight is 346 g/mol. The van der Waals surface area contributed by atoms with Crippen LogP contribution in [0, 0.1) is 5.92 Å². The summed E-state index contributed by atoms with van der Waals surface area (Å²) in [6, 6.07) is 16.6. The van der Waals surface area contributed by atoms with Gasteiger partial charge in [0.05, 0.1) is 7.11 Å². The molecule has 4 heteroatoms. The number of rotatable bonds is 4. The summed E-state index contributed by atoms with van der Waals surface area (Å²) in [4.78, 5) is 2.52. The van der Waals surface area contributed by atoms with E-state index in [1.165, 1.54) is 37.1 Å². The van der Waals surface area contributed by atoms with Crippen molar-refractivity contribution in [2.45, 2.75) is 18.9 Å². The molecular formula is C20H24ClNO2. The molecule has 3 aliphatic heterocycles. The van der Waals surface area contributed by atoms with Gasteiger partial charge in [-0.2, -0.15) is 0 Å². The monoisotopic (exact) mass is 345 g/mol. The first-order chi connectivity index (χ1) is 11.3. The standard InChI is InChI=1S/C20H23NO2.ClH/c1-22-19-4-2-3-17(13-19)15-5-7-18(8-6-15)23-20-14-21-11-9-16(20)10-12-21;/h2-8,13,16,20H,9-12,14H2,1H3;1H. The van der Waals surface area contributed by atoms with E-state index >= 15 is 0 Å². The molecule has 2 aromatic rings. The van der Waals surface area contributed by atoms with Gasteiger partial charge in [0.2, 0.25) is 0 Å². The van der Waals surface area contributed by atoms with E-state index in [2.05, 4.69) is 41.3 Å². The Morgan fingerprint density at radius 2 is 1.67 bits per heavy atom. The van der Waals surface area contributed by atoms with E-state index < -0.39 is 0 Å². The van der Waals surface area contributed by atoms with Crippen molar-refractivity contribution >= 4 is 12.4 Å². The maximum absolute atomic E-state index is 6.26. The Bertz CT molecular complexity index is 666. The maximum atomic E-state index is 6.26. The SMILES string of the molecule is COc1cccc(-c2ccc(OC3CN4CCC3CC4)cc2)c1.Cl. The zero-order valence-corrected chi connectivity index (χ0v) is 14.8. The molecule has 1 atom stereocenters. The van der Waals surface area contributed by atoms with Gasteiger partial charge in [0.25, 0.3) is 0 Å².